The van der Waals surface area contributed by atoms with Crippen molar-refractivity contribution in [2.75, 3.05) is 18.5 Å². The first-order valence-corrected chi connectivity index (χ1v) is 9.36. The summed E-state index contributed by atoms with van der Waals surface area (Å²) in [6.07, 6.45) is 0. The van der Waals surface area contributed by atoms with Gasteiger partial charge in [0, 0.05) is 28.1 Å². The number of hydrogen-bond acceptors (Lipinski definition) is 5. The number of hydrogen-bond donors (Lipinski definition) is 1. The van der Waals surface area contributed by atoms with Crippen LogP contribution in [0.15, 0.2) is 41.8 Å². The molecule has 8 heteroatoms. The van der Waals surface area contributed by atoms with Crippen LogP contribution in [0.25, 0.3) is 10.6 Å². The van der Waals surface area contributed by atoms with Gasteiger partial charge in [-0.3, -0.25) is 4.79 Å². The lowest BCUT2D eigenvalue weighted by molar-refractivity contribution is 0.102. The van der Waals surface area contributed by atoms with E-state index in [4.69, 9.17) is 32.7 Å². The zero-order valence-electron chi connectivity index (χ0n) is 13.3. The quantitative estimate of drug-likeness (QED) is 0.653. The van der Waals surface area contributed by atoms with Gasteiger partial charge in [0.2, 0.25) is 0 Å². The van der Waals surface area contributed by atoms with Gasteiger partial charge in [-0.05, 0) is 12.1 Å². The van der Waals surface area contributed by atoms with Crippen LogP contribution in [-0.4, -0.2) is 24.1 Å². The zero-order chi connectivity index (χ0) is 18.1. The molecule has 4 rings (SSSR count). The van der Waals surface area contributed by atoms with E-state index in [2.05, 4.69) is 10.3 Å². The van der Waals surface area contributed by atoms with Gasteiger partial charge in [-0.2, -0.15) is 0 Å². The Hall–Kier alpha value is -2.28. The minimum Gasteiger partial charge on any atom is -0.486 e. The predicted molar refractivity (Wildman–Crippen MR) is 103 cm³/mol. The van der Waals surface area contributed by atoms with Crippen molar-refractivity contribution in [1.82, 2.24) is 4.98 Å². The minimum atomic E-state index is -0.347. The number of thiazole rings is 1. The maximum atomic E-state index is 12.5. The molecule has 0 aliphatic carbocycles. The second-order valence-corrected chi connectivity index (χ2v) is 7.18. The number of benzene rings is 2. The predicted octanol–water partition coefficient (Wildman–Crippen LogP) is 5.14. The Kier molecular flexibility index (Phi) is 4.72. The van der Waals surface area contributed by atoms with Gasteiger partial charge < -0.3 is 14.8 Å². The molecule has 132 valence electrons. The normalized spacial score (nSPS) is 12.7. The van der Waals surface area contributed by atoms with Gasteiger partial charge in [-0.15, -0.1) is 11.3 Å². The van der Waals surface area contributed by atoms with Crippen LogP contribution in [0.2, 0.25) is 10.0 Å². The van der Waals surface area contributed by atoms with Crippen LogP contribution >= 0.6 is 34.5 Å². The number of nitrogens with zero attached hydrogens (tertiary/aromatic N) is 1. The average molecular weight is 407 g/mol. The van der Waals surface area contributed by atoms with Crippen LogP contribution in [0.5, 0.6) is 11.5 Å². The largest absolute Gasteiger partial charge is 0.486 e. The van der Waals surface area contributed by atoms with Gasteiger partial charge in [-0.25, -0.2) is 4.98 Å². The number of halogens is 2. The van der Waals surface area contributed by atoms with Crippen LogP contribution < -0.4 is 14.8 Å². The fraction of sp³-hybridized carbons (Fsp3) is 0.111. The molecular weight excluding hydrogens is 395 g/mol. The van der Waals surface area contributed by atoms with Crippen LogP contribution in [0.1, 0.15) is 10.5 Å². The molecule has 1 amide bonds. The number of anilines is 1. The first-order chi connectivity index (χ1) is 12.6. The zero-order valence-corrected chi connectivity index (χ0v) is 15.6. The number of carbonyl (C=O) groups is 1. The van der Waals surface area contributed by atoms with E-state index in [1.54, 1.807) is 29.6 Å². The van der Waals surface area contributed by atoms with E-state index < -0.39 is 0 Å². The molecule has 5 nitrogen and oxygen atoms in total. The number of aromatic nitrogens is 1. The number of ether oxygens (including phenoxy) is 2. The molecule has 1 N–H and O–H groups in total. The fourth-order valence-electron chi connectivity index (χ4n) is 2.45. The molecule has 1 aliphatic heterocycles. The van der Waals surface area contributed by atoms with Crippen molar-refractivity contribution >= 4 is 46.1 Å². The van der Waals surface area contributed by atoms with Gasteiger partial charge in [0.25, 0.3) is 5.91 Å². The highest BCUT2D eigenvalue weighted by Crippen LogP contribution is 2.38. The number of nitrogens with one attached hydrogen (secondary N) is 1. The van der Waals surface area contributed by atoms with Gasteiger partial charge >= 0.3 is 0 Å². The molecule has 0 radical (unpaired) electrons. The molecule has 0 atom stereocenters. The van der Waals surface area contributed by atoms with Crippen molar-refractivity contribution in [1.29, 1.82) is 0 Å². The third-order valence-corrected chi connectivity index (χ3v) is 5.16. The molecule has 1 aromatic heterocycles. The summed E-state index contributed by atoms with van der Waals surface area (Å²) in [5.74, 6) is 0.772. The first kappa shape index (κ1) is 17.1. The van der Waals surface area contributed by atoms with Gasteiger partial charge in [0.1, 0.15) is 23.9 Å². The molecule has 0 fully saturated rings. The maximum Gasteiger partial charge on any atom is 0.275 e. The summed E-state index contributed by atoms with van der Waals surface area (Å²) in [5.41, 5.74) is 1.66. The first-order valence-electron chi connectivity index (χ1n) is 7.72. The van der Waals surface area contributed by atoms with Crippen LogP contribution in [-0.2, 0) is 0 Å². The summed E-state index contributed by atoms with van der Waals surface area (Å²) in [4.78, 5) is 16.9. The Morgan fingerprint density at radius 2 is 1.77 bits per heavy atom. The summed E-state index contributed by atoms with van der Waals surface area (Å²) in [6.45, 7) is 0.930. The van der Waals surface area contributed by atoms with Gasteiger partial charge in [0.05, 0.1) is 10.7 Å². The van der Waals surface area contributed by atoms with Crippen molar-refractivity contribution in [3.8, 4) is 22.1 Å². The monoisotopic (exact) mass is 406 g/mol. The molecule has 0 saturated carbocycles. The van der Waals surface area contributed by atoms with Gasteiger partial charge in [0.15, 0.2) is 11.5 Å². The van der Waals surface area contributed by atoms with Crippen LogP contribution in [0.4, 0.5) is 5.69 Å². The van der Waals surface area contributed by atoms with E-state index in [1.807, 2.05) is 12.1 Å². The topological polar surface area (TPSA) is 60.5 Å². The number of carbonyl (C=O) groups excluding carboxylic acids is 1. The molecule has 1 aliphatic rings. The van der Waals surface area contributed by atoms with Gasteiger partial charge in [-0.1, -0.05) is 35.3 Å². The third-order valence-electron chi connectivity index (χ3n) is 3.71. The summed E-state index contributed by atoms with van der Waals surface area (Å²) >= 11 is 13.5. The molecule has 0 unspecified atom stereocenters. The van der Waals surface area contributed by atoms with E-state index in [0.29, 0.717) is 46.1 Å². The van der Waals surface area contributed by atoms with Crippen molar-refractivity contribution in [2.24, 2.45) is 0 Å². The molecule has 0 spiro atoms. The van der Waals surface area contributed by atoms with Crippen LogP contribution in [0, 0.1) is 0 Å². The molecule has 0 saturated heterocycles. The average Bonchev–Trinajstić information content (AvgIpc) is 3.13. The molecule has 2 aromatic carbocycles. The summed E-state index contributed by atoms with van der Waals surface area (Å²) in [7, 11) is 0. The Morgan fingerprint density at radius 3 is 2.50 bits per heavy atom. The van der Waals surface area contributed by atoms with E-state index in [0.717, 1.165) is 10.6 Å². The Morgan fingerprint density at radius 1 is 1.08 bits per heavy atom. The number of fused-ring (bicyclic) bond motifs is 1. The Balaban J connectivity index is 1.55. The van der Waals surface area contributed by atoms with E-state index in [9.17, 15) is 4.79 Å². The van der Waals surface area contributed by atoms with E-state index >= 15 is 0 Å². The molecule has 0 bridgehead atoms. The molecular formula is C18H12Cl2N2O3S. The second kappa shape index (κ2) is 7.15. The van der Waals surface area contributed by atoms with E-state index in [1.165, 1.54) is 11.3 Å². The molecule has 2 heterocycles. The second-order valence-electron chi connectivity index (χ2n) is 5.47. The fourth-order valence-corrected chi connectivity index (χ4v) is 3.58. The van der Waals surface area contributed by atoms with Crippen molar-refractivity contribution in [2.45, 2.75) is 0 Å². The highest BCUT2D eigenvalue weighted by molar-refractivity contribution is 7.13. The van der Waals surface area contributed by atoms with Crippen molar-refractivity contribution in [3.63, 3.8) is 0 Å². The smallest absolute Gasteiger partial charge is 0.275 e. The summed E-state index contributed by atoms with van der Waals surface area (Å²) in [5, 5.41) is 6.22. The summed E-state index contributed by atoms with van der Waals surface area (Å²) < 4.78 is 11.0. The number of amides is 1. The Labute approximate surface area is 163 Å². The molecule has 26 heavy (non-hydrogen) atoms. The highest BCUT2D eigenvalue weighted by Gasteiger charge is 2.18. The SMILES string of the molecule is O=C(Nc1cc2c(cc1Cl)OCCO2)c1csc(-c2ccc(Cl)cc2)n1. The maximum absolute atomic E-state index is 12.5. The summed E-state index contributed by atoms with van der Waals surface area (Å²) in [6, 6.07) is 10.6. The standard InChI is InChI=1S/C18H12Cl2N2O3S/c19-11-3-1-10(2-4-11)18-22-14(9-26-18)17(23)21-13-8-16-15(7-12(13)20)24-5-6-25-16/h1-4,7-9H,5-6H2,(H,21,23). The number of rotatable bonds is 3. The van der Waals surface area contributed by atoms with Crippen molar-refractivity contribution < 1.29 is 14.3 Å². The lowest BCUT2D eigenvalue weighted by atomic mass is 10.2. The minimum absolute atomic E-state index is 0.311. The molecule has 3 aromatic rings. The Bertz CT molecular complexity index is 973. The van der Waals surface area contributed by atoms with E-state index in [-0.39, 0.29) is 5.91 Å². The third kappa shape index (κ3) is 3.49. The lowest BCUT2D eigenvalue weighted by Gasteiger charge is -2.19. The highest BCUT2D eigenvalue weighted by atomic mass is 35.5. The van der Waals surface area contributed by atoms with Crippen LogP contribution in [0.3, 0.4) is 0 Å². The lowest BCUT2D eigenvalue weighted by Crippen LogP contribution is -2.17. The van der Waals surface area contributed by atoms with Crippen molar-refractivity contribution in [3.05, 3.63) is 57.5 Å².